The van der Waals surface area contributed by atoms with Gasteiger partial charge in [-0.25, -0.2) is 0 Å². The second-order valence-corrected chi connectivity index (χ2v) is 25.0. The van der Waals surface area contributed by atoms with Gasteiger partial charge >= 0.3 is 0 Å². The Bertz CT molecular complexity index is 1800. The van der Waals surface area contributed by atoms with Crippen LogP contribution in [0.3, 0.4) is 0 Å². The van der Waals surface area contributed by atoms with Crippen molar-refractivity contribution in [3.8, 4) is 0 Å². The molecule has 88 heavy (non-hydrogen) atoms. The van der Waals surface area contributed by atoms with Crippen LogP contribution in [0.4, 0.5) is 0 Å². The van der Waals surface area contributed by atoms with Crippen LogP contribution in [0, 0.1) is 0 Å². The SMILES string of the molecule is CC/C=C\C/C=C\C/C=C\C/C=C\C/C=C\C/C=C\CCCCCCCCCCCCCCC(=O)NC(COC1OC(CO)C(OC2OC(CO)C(O)C(O)C2O)C(O)C1O)C(O)/C=C/CCCCCCCCCCCCCCCCCCCCCCC. The van der Waals surface area contributed by atoms with Crippen LogP contribution in [0.15, 0.2) is 85.1 Å². The number of carbonyl (C=O) groups is 1. The molecule has 12 atom stereocenters. The highest BCUT2D eigenvalue weighted by molar-refractivity contribution is 5.76. The quantitative estimate of drug-likeness (QED) is 0.0204. The summed E-state index contributed by atoms with van der Waals surface area (Å²) in [6, 6.07) is -0.922. The summed E-state index contributed by atoms with van der Waals surface area (Å²) >= 11 is 0. The maximum atomic E-state index is 13.3. The lowest BCUT2D eigenvalue weighted by Crippen LogP contribution is -2.65. The molecule has 1 amide bonds. The van der Waals surface area contributed by atoms with E-state index in [1.54, 1.807) is 6.08 Å². The van der Waals surface area contributed by atoms with Gasteiger partial charge in [-0.05, 0) is 70.6 Å². The Labute approximate surface area is 535 Å². The number of carbonyl (C=O) groups excluding carboxylic acids is 1. The molecule has 0 aromatic carbocycles. The maximum Gasteiger partial charge on any atom is 0.220 e. The number of nitrogens with one attached hydrogen (secondary N) is 1. The van der Waals surface area contributed by atoms with Crippen molar-refractivity contribution < 1.29 is 64.6 Å². The Morgan fingerprint density at radius 2 is 0.784 bits per heavy atom. The Balaban J connectivity index is 1.68. The zero-order chi connectivity index (χ0) is 63.8. The lowest BCUT2D eigenvalue weighted by molar-refractivity contribution is -0.359. The summed E-state index contributed by atoms with van der Waals surface area (Å²) in [5.74, 6) is -0.242. The fourth-order valence-corrected chi connectivity index (χ4v) is 11.4. The van der Waals surface area contributed by atoms with Gasteiger partial charge in [0.05, 0.1) is 32.0 Å². The molecular formula is C74H131NO13. The van der Waals surface area contributed by atoms with Gasteiger partial charge in [-0.2, -0.15) is 0 Å². The highest BCUT2D eigenvalue weighted by Gasteiger charge is 2.51. The van der Waals surface area contributed by atoms with E-state index in [0.717, 1.165) is 83.5 Å². The van der Waals surface area contributed by atoms with Crippen LogP contribution in [0.5, 0.6) is 0 Å². The van der Waals surface area contributed by atoms with Crippen molar-refractivity contribution in [2.45, 2.75) is 357 Å². The molecule has 0 aliphatic carbocycles. The molecule has 2 aliphatic rings. The predicted molar refractivity (Wildman–Crippen MR) is 360 cm³/mol. The second kappa shape index (κ2) is 58.0. The summed E-state index contributed by atoms with van der Waals surface area (Å²) in [7, 11) is 0. The van der Waals surface area contributed by atoms with Crippen LogP contribution in [0.1, 0.15) is 284 Å². The van der Waals surface area contributed by atoms with Gasteiger partial charge in [-0.15, -0.1) is 0 Å². The fourth-order valence-electron chi connectivity index (χ4n) is 11.4. The molecule has 2 rings (SSSR count). The van der Waals surface area contributed by atoms with E-state index in [-0.39, 0.29) is 18.9 Å². The largest absolute Gasteiger partial charge is 0.394 e. The molecule has 2 aliphatic heterocycles. The average molecular weight is 1240 g/mol. The van der Waals surface area contributed by atoms with Gasteiger partial charge in [0.1, 0.15) is 48.8 Å². The molecule has 510 valence electrons. The van der Waals surface area contributed by atoms with Crippen LogP contribution in [0.25, 0.3) is 0 Å². The number of hydrogen-bond donors (Lipinski definition) is 9. The van der Waals surface area contributed by atoms with E-state index < -0.39 is 86.8 Å². The average Bonchev–Trinajstić information content (AvgIpc) is 3.10. The maximum absolute atomic E-state index is 13.3. The molecule has 0 bridgehead atoms. The van der Waals surface area contributed by atoms with E-state index >= 15 is 0 Å². The van der Waals surface area contributed by atoms with E-state index in [2.05, 4.69) is 92.1 Å². The van der Waals surface area contributed by atoms with E-state index in [9.17, 15) is 45.6 Å². The fraction of sp³-hybridized carbons (Fsp3) is 0.797. The number of ether oxygens (including phenoxy) is 4. The first-order valence-electron chi connectivity index (χ1n) is 35.8. The smallest absolute Gasteiger partial charge is 0.220 e. The third-order valence-electron chi connectivity index (χ3n) is 17.1. The Morgan fingerprint density at radius 1 is 0.420 bits per heavy atom. The lowest BCUT2D eigenvalue weighted by atomic mass is 9.97. The number of unbranched alkanes of at least 4 members (excludes halogenated alkanes) is 33. The summed E-state index contributed by atoms with van der Waals surface area (Å²) in [6.07, 6.45) is 63.4. The third-order valence-corrected chi connectivity index (χ3v) is 17.1. The zero-order valence-electron chi connectivity index (χ0n) is 55.4. The second-order valence-electron chi connectivity index (χ2n) is 25.0. The zero-order valence-corrected chi connectivity index (χ0v) is 55.4. The minimum Gasteiger partial charge on any atom is -0.394 e. The Kier molecular flexibility index (Phi) is 53.6. The van der Waals surface area contributed by atoms with E-state index in [1.807, 2.05) is 6.08 Å². The van der Waals surface area contributed by atoms with E-state index in [0.29, 0.717) is 6.42 Å². The summed E-state index contributed by atoms with van der Waals surface area (Å²) in [6.45, 7) is 2.71. The monoisotopic (exact) mass is 1240 g/mol. The topological polar surface area (TPSA) is 228 Å². The van der Waals surface area contributed by atoms with Crippen molar-refractivity contribution in [2.24, 2.45) is 0 Å². The van der Waals surface area contributed by atoms with Gasteiger partial charge in [0.2, 0.25) is 5.91 Å². The van der Waals surface area contributed by atoms with E-state index in [4.69, 9.17) is 18.9 Å². The van der Waals surface area contributed by atoms with Crippen LogP contribution >= 0.6 is 0 Å². The van der Waals surface area contributed by atoms with Gasteiger partial charge < -0.3 is 65.1 Å². The van der Waals surface area contributed by atoms with Crippen LogP contribution in [-0.2, 0) is 23.7 Å². The van der Waals surface area contributed by atoms with Crippen LogP contribution < -0.4 is 5.32 Å². The minimum atomic E-state index is -1.79. The third kappa shape index (κ3) is 41.6. The van der Waals surface area contributed by atoms with Crippen molar-refractivity contribution in [1.29, 1.82) is 0 Å². The van der Waals surface area contributed by atoms with Gasteiger partial charge in [0, 0.05) is 6.42 Å². The van der Waals surface area contributed by atoms with Crippen LogP contribution in [-0.4, -0.2) is 140 Å². The van der Waals surface area contributed by atoms with Gasteiger partial charge in [-0.3, -0.25) is 4.79 Å². The highest BCUT2D eigenvalue weighted by atomic mass is 16.7. The molecule has 14 nitrogen and oxygen atoms in total. The molecule has 9 N–H and O–H groups in total. The number of rotatable bonds is 58. The minimum absolute atomic E-state index is 0.242. The lowest BCUT2D eigenvalue weighted by Gasteiger charge is -2.46. The molecule has 14 heteroatoms. The first kappa shape index (κ1) is 81.3. The first-order valence-corrected chi connectivity index (χ1v) is 35.8. The molecule has 2 fully saturated rings. The number of allylic oxidation sites excluding steroid dienone is 13. The molecular weight excluding hydrogens is 1110 g/mol. The van der Waals surface area contributed by atoms with Crippen LogP contribution in [0.2, 0.25) is 0 Å². The van der Waals surface area contributed by atoms with Crippen molar-refractivity contribution in [2.75, 3.05) is 19.8 Å². The standard InChI is InChI=1S/C74H131NO13/c1-3-5-7-9-11-13-15-17-19-21-23-25-27-28-29-30-31-32-33-34-36-38-40-42-44-46-48-50-52-54-56-58-66(79)75-62(61-85-73-71(84)69(82)72(65(60-77)87-73)88-74-70(83)68(81)67(80)64(59-76)86-74)63(78)57-55-53-51-49-47-45-43-41-39-37-35-26-24-22-20-18-16-14-12-10-8-6-4-2/h5,7,11,13,17,19,23,25,28-29,31-32,55,57,62-65,67-74,76-78,80-84H,3-4,6,8-10,12,14-16,18,20-22,24,26-27,30,33-54,56,58-61H2,1-2H3,(H,75,79)/b7-5-,13-11-,19-17-,25-23-,29-28-,32-31-,57-55+. The highest BCUT2D eigenvalue weighted by Crippen LogP contribution is 2.30. The molecule has 0 radical (unpaired) electrons. The molecule has 2 saturated heterocycles. The number of hydrogen-bond acceptors (Lipinski definition) is 13. The predicted octanol–water partition coefficient (Wildman–Crippen LogP) is 14.8. The molecule has 0 saturated carbocycles. The van der Waals surface area contributed by atoms with E-state index in [1.165, 1.54) is 173 Å². The van der Waals surface area contributed by atoms with Gasteiger partial charge in [-0.1, -0.05) is 292 Å². The van der Waals surface area contributed by atoms with Gasteiger partial charge in [0.25, 0.3) is 0 Å². The summed E-state index contributed by atoms with van der Waals surface area (Å²) in [4.78, 5) is 13.3. The number of amides is 1. The molecule has 0 aromatic heterocycles. The van der Waals surface area contributed by atoms with Gasteiger partial charge in [0.15, 0.2) is 12.6 Å². The molecule has 0 spiro atoms. The summed E-state index contributed by atoms with van der Waals surface area (Å²) < 4.78 is 22.9. The Morgan fingerprint density at radius 3 is 1.20 bits per heavy atom. The molecule has 0 aromatic rings. The first-order chi connectivity index (χ1) is 43.1. The molecule has 12 unspecified atom stereocenters. The molecule has 2 heterocycles. The normalized spacial score (nSPS) is 23.7. The summed E-state index contributed by atoms with van der Waals surface area (Å²) in [5, 5.41) is 87.5. The number of aliphatic hydroxyl groups is 8. The van der Waals surface area contributed by atoms with Crippen molar-refractivity contribution in [3.05, 3.63) is 85.1 Å². The van der Waals surface area contributed by atoms with Crippen molar-refractivity contribution in [3.63, 3.8) is 0 Å². The number of aliphatic hydroxyl groups excluding tert-OH is 8. The Hall–Kier alpha value is -2.83. The summed E-state index contributed by atoms with van der Waals surface area (Å²) in [5.41, 5.74) is 0. The van der Waals surface area contributed by atoms with Crippen molar-refractivity contribution in [1.82, 2.24) is 5.32 Å². The van der Waals surface area contributed by atoms with Crippen molar-refractivity contribution >= 4 is 5.91 Å².